The van der Waals surface area contributed by atoms with Crippen LogP contribution >= 0.6 is 23.2 Å². The number of carbonyl (C=O) groups is 3. The Morgan fingerprint density at radius 1 is 1.08 bits per heavy atom. The maximum Gasteiger partial charge on any atom is 0.338 e. The second-order valence-electron chi connectivity index (χ2n) is 5.82. The maximum absolute atomic E-state index is 12.1. The number of amides is 1. The van der Waals surface area contributed by atoms with Gasteiger partial charge in [0.25, 0.3) is 0 Å². The molecule has 0 saturated carbocycles. The minimum absolute atomic E-state index is 0.0748. The molecule has 0 N–H and O–H groups in total. The van der Waals surface area contributed by atoms with Crippen molar-refractivity contribution in [3.8, 4) is 0 Å². The lowest BCUT2D eigenvalue weighted by Crippen LogP contribution is -2.23. The maximum atomic E-state index is 12.1. The number of esters is 1. The molecular formula is C19H15Cl2NO4. The molecule has 0 radical (unpaired) electrons. The Labute approximate surface area is 160 Å². The van der Waals surface area contributed by atoms with Crippen molar-refractivity contribution in [3.05, 3.63) is 63.6 Å². The first-order valence-electron chi connectivity index (χ1n) is 8.01. The Balaban J connectivity index is 1.61. The topological polar surface area (TPSA) is 63.7 Å². The summed E-state index contributed by atoms with van der Waals surface area (Å²) in [6.45, 7) is 0.255. The standard InChI is InChI=1S/C19H15Cl2NO4/c20-13-5-8-15(16(21)10-13)17(23)11-26-19(25)12-3-6-14(7-4-12)22-9-1-2-18(22)24/h3-8,10H,1-2,9,11H2. The summed E-state index contributed by atoms with van der Waals surface area (Å²) in [4.78, 5) is 37.6. The summed E-state index contributed by atoms with van der Waals surface area (Å²) in [6.07, 6.45) is 1.37. The molecule has 1 fully saturated rings. The lowest BCUT2D eigenvalue weighted by atomic mass is 10.1. The van der Waals surface area contributed by atoms with Crippen LogP contribution in [0.4, 0.5) is 5.69 Å². The number of nitrogens with zero attached hydrogens (tertiary/aromatic N) is 1. The van der Waals surface area contributed by atoms with Crippen LogP contribution in [0.2, 0.25) is 10.0 Å². The number of rotatable bonds is 5. The summed E-state index contributed by atoms with van der Waals surface area (Å²) in [6, 6.07) is 11.0. The van der Waals surface area contributed by atoms with Gasteiger partial charge in [0.1, 0.15) is 0 Å². The van der Waals surface area contributed by atoms with Crippen LogP contribution in [-0.4, -0.2) is 30.8 Å². The molecule has 2 aromatic rings. The highest BCUT2D eigenvalue weighted by atomic mass is 35.5. The highest BCUT2D eigenvalue weighted by Gasteiger charge is 2.22. The zero-order valence-corrected chi connectivity index (χ0v) is 15.2. The molecule has 2 aromatic carbocycles. The van der Waals surface area contributed by atoms with Crippen molar-refractivity contribution in [2.75, 3.05) is 18.1 Å². The molecule has 0 unspecified atom stereocenters. The van der Waals surface area contributed by atoms with Gasteiger partial charge in [0.2, 0.25) is 11.7 Å². The number of Topliss-reactive ketones (excluding diaryl/α,β-unsaturated/α-hetero) is 1. The molecule has 1 aliphatic heterocycles. The van der Waals surface area contributed by atoms with E-state index in [0.717, 1.165) is 12.1 Å². The minimum Gasteiger partial charge on any atom is -0.454 e. The number of benzene rings is 2. The van der Waals surface area contributed by atoms with Gasteiger partial charge in [0, 0.05) is 29.2 Å². The van der Waals surface area contributed by atoms with Gasteiger partial charge in [-0.1, -0.05) is 23.2 Å². The molecular weight excluding hydrogens is 377 g/mol. The highest BCUT2D eigenvalue weighted by Crippen LogP contribution is 2.23. The van der Waals surface area contributed by atoms with Gasteiger partial charge < -0.3 is 9.64 Å². The molecule has 0 bridgehead atoms. The van der Waals surface area contributed by atoms with E-state index < -0.39 is 18.4 Å². The van der Waals surface area contributed by atoms with Crippen molar-refractivity contribution in [2.45, 2.75) is 12.8 Å². The first-order chi connectivity index (χ1) is 12.5. The second kappa shape index (κ2) is 7.89. The Hall–Kier alpha value is -2.37. The molecule has 5 nitrogen and oxygen atoms in total. The average Bonchev–Trinajstić information content (AvgIpc) is 3.05. The smallest absolute Gasteiger partial charge is 0.338 e. The van der Waals surface area contributed by atoms with Crippen LogP contribution in [0.5, 0.6) is 0 Å². The number of carbonyl (C=O) groups excluding carboxylic acids is 3. The summed E-state index contributed by atoms with van der Waals surface area (Å²) in [5, 5.41) is 0.623. The van der Waals surface area contributed by atoms with E-state index in [1.54, 1.807) is 35.2 Å². The summed E-state index contributed by atoms with van der Waals surface area (Å²) < 4.78 is 5.06. The highest BCUT2D eigenvalue weighted by molar-refractivity contribution is 6.36. The third-order valence-corrected chi connectivity index (χ3v) is 4.60. The fourth-order valence-corrected chi connectivity index (χ4v) is 3.22. The molecule has 1 aliphatic rings. The van der Waals surface area contributed by atoms with E-state index in [0.29, 0.717) is 23.6 Å². The van der Waals surface area contributed by atoms with E-state index in [1.807, 2.05) is 0 Å². The van der Waals surface area contributed by atoms with Gasteiger partial charge in [-0.05, 0) is 48.9 Å². The van der Waals surface area contributed by atoms with E-state index in [1.165, 1.54) is 12.1 Å². The van der Waals surface area contributed by atoms with E-state index in [-0.39, 0.29) is 16.5 Å². The fraction of sp³-hybridized carbons (Fsp3) is 0.211. The Kier molecular flexibility index (Phi) is 5.59. The molecule has 1 amide bonds. The molecule has 0 spiro atoms. The number of hydrogen-bond donors (Lipinski definition) is 0. The zero-order chi connectivity index (χ0) is 18.7. The molecule has 26 heavy (non-hydrogen) atoms. The van der Waals surface area contributed by atoms with Crippen molar-refractivity contribution in [2.24, 2.45) is 0 Å². The molecule has 134 valence electrons. The Morgan fingerprint density at radius 2 is 1.81 bits per heavy atom. The summed E-state index contributed by atoms with van der Waals surface area (Å²) in [7, 11) is 0. The third kappa shape index (κ3) is 4.06. The molecule has 0 aliphatic carbocycles. The predicted octanol–water partition coefficient (Wildman–Crippen LogP) is 4.16. The first kappa shape index (κ1) is 18.4. The average molecular weight is 392 g/mol. The molecule has 1 saturated heterocycles. The van der Waals surface area contributed by atoms with Crippen molar-refractivity contribution in [3.63, 3.8) is 0 Å². The number of halogens is 2. The fourth-order valence-electron chi connectivity index (χ4n) is 2.71. The number of anilines is 1. The number of ketones is 1. The Bertz CT molecular complexity index is 864. The lowest BCUT2D eigenvalue weighted by molar-refractivity contribution is -0.117. The minimum atomic E-state index is -0.622. The molecule has 0 atom stereocenters. The van der Waals surface area contributed by atoms with Crippen LogP contribution in [0.15, 0.2) is 42.5 Å². The number of ether oxygens (including phenoxy) is 1. The Morgan fingerprint density at radius 3 is 2.42 bits per heavy atom. The lowest BCUT2D eigenvalue weighted by Gasteiger charge is -2.15. The van der Waals surface area contributed by atoms with Crippen LogP contribution < -0.4 is 4.90 Å². The zero-order valence-electron chi connectivity index (χ0n) is 13.7. The van der Waals surface area contributed by atoms with Gasteiger partial charge in [-0.25, -0.2) is 4.79 Å². The van der Waals surface area contributed by atoms with Crippen molar-refractivity contribution >= 4 is 46.5 Å². The summed E-state index contributed by atoms with van der Waals surface area (Å²) in [5.74, 6) is -0.965. The largest absolute Gasteiger partial charge is 0.454 e. The van der Waals surface area contributed by atoms with Crippen LogP contribution in [0, 0.1) is 0 Å². The molecule has 1 heterocycles. The van der Waals surface area contributed by atoms with Gasteiger partial charge in [-0.15, -0.1) is 0 Å². The van der Waals surface area contributed by atoms with Gasteiger partial charge in [-0.3, -0.25) is 9.59 Å². The van der Waals surface area contributed by atoms with Gasteiger partial charge in [0.15, 0.2) is 6.61 Å². The van der Waals surface area contributed by atoms with Crippen LogP contribution in [0.1, 0.15) is 33.6 Å². The second-order valence-corrected chi connectivity index (χ2v) is 6.66. The van der Waals surface area contributed by atoms with E-state index in [4.69, 9.17) is 27.9 Å². The van der Waals surface area contributed by atoms with Gasteiger partial charge >= 0.3 is 5.97 Å². The third-order valence-electron chi connectivity index (χ3n) is 4.05. The summed E-state index contributed by atoms with van der Waals surface area (Å²) in [5.41, 5.74) is 1.29. The van der Waals surface area contributed by atoms with Gasteiger partial charge in [-0.2, -0.15) is 0 Å². The van der Waals surface area contributed by atoms with Crippen LogP contribution in [0.25, 0.3) is 0 Å². The monoisotopic (exact) mass is 391 g/mol. The quantitative estimate of drug-likeness (QED) is 0.566. The van der Waals surface area contributed by atoms with Crippen molar-refractivity contribution in [1.29, 1.82) is 0 Å². The predicted molar refractivity (Wildman–Crippen MR) is 99.1 cm³/mol. The first-order valence-corrected chi connectivity index (χ1v) is 8.77. The van der Waals surface area contributed by atoms with E-state index in [9.17, 15) is 14.4 Å². The van der Waals surface area contributed by atoms with Crippen LogP contribution in [0.3, 0.4) is 0 Å². The van der Waals surface area contributed by atoms with Crippen molar-refractivity contribution < 1.29 is 19.1 Å². The SMILES string of the molecule is O=C(OCC(=O)c1ccc(Cl)cc1Cl)c1ccc(N2CCCC2=O)cc1. The normalized spacial score (nSPS) is 13.8. The van der Waals surface area contributed by atoms with E-state index in [2.05, 4.69) is 0 Å². The van der Waals surface area contributed by atoms with Crippen LogP contribution in [-0.2, 0) is 9.53 Å². The molecule has 7 heteroatoms. The summed E-state index contributed by atoms with van der Waals surface area (Å²) >= 11 is 11.8. The molecule has 0 aromatic heterocycles. The number of hydrogen-bond acceptors (Lipinski definition) is 4. The van der Waals surface area contributed by atoms with Gasteiger partial charge in [0.05, 0.1) is 10.6 Å². The van der Waals surface area contributed by atoms with Crippen molar-refractivity contribution in [1.82, 2.24) is 0 Å². The van der Waals surface area contributed by atoms with E-state index >= 15 is 0 Å². The molecule has 3 rings (SSSR count).